The van der Waals surface area contributed by atoms with Crippen LogP contribution in [0.3, 0.4) is 0 Å². The molecule has 128 valence electrons. The predicted molar refractivity (Wildman–Crippen MR) is 85.4 cm³/mol. The fourth-order valence-electron chi connectivity index (χ4n) is 1.70. The number of hydrogen-bond donors (Lipinski definition) is 2. The van der Waals surface area contributed by atoms with E-state index in [-0.39, 0.29) is 5.17 Å². The van der Waals surface area contributed by atoms with Gasteiger partial charge in [0.05, 0.1) is 7.11 Å². The molecule has 0 radical (unpaired) electrons. The summed E-state index contributed by atoms with van der Waals surface area (Å²) in [5.41, 5.74) is 4.28. The molecule has 0 aliphatic carbocycles. The number of aromatic amines is 1. The Morgan fingerprint density at radius 1 is 1.42 bits per heavy atom. The number of hydrogen-bond acceptors (Lipinski definition) is 5. The molecule has 0 fully saturated rings. The highest BCUT2D eigenvalue weighted by Crippen LogP contribution is 2.27. The molecule has 0 atom stereocenters. The summed E-state index contributed by atoms with van der Waals surface area (Å²) in [7, 11) is 1.54. The monoisotopic (exact) mass is 358 g/mol. The molecule has 1 aromatic carbocycles. The van der Waals surface area contributed by atoms with Gasteiger partial charge in [-0.3, -0.25) is 9.78 Å². The van der Waals surface area contributed by atoms with E-state index in [0.717, 1.165) is 17.3 Å². The van der Waals surface area contributed by atoms with Gasteiger partial charge >= 0.3 is 6.18 Å². The Balaban J connectivity index is 2.13. The summed E-state index contributed by atoms with van der Waals surface area (Å²) in [6, 6.07) is 7.58. The van der Waals surface area contributed by atoms with Crippen molar-refractivity contribution >= 4 is 22.9 Å². The zero-order valence-electron chi connectivity index (χ0n) is 12.4. The number of aliphatic imine (C=N–C) groups is 1. The van der Waals surface area contributed by atoms with Crippen molar-refractivity contribution in [1.29, 1.82) is 0 Å². The number of alkyl halides is 3. The topological polar surface area (TPSA) is 93.4 Å². The van der Waals surface area contributed by atoms with Gasteiger partial charge in [0.1, 0.15) is 5.75 Å². The lowest BCUT2D eigenvalue weighted by Gasteiger charge is -2.06. The molecule has 0 spiro atoms. The number of amidine groups is 1. The van der Waals surface area contributed by atoms with E-state index in [1.54, 1.807) is 18.2 Å². The first-order chi connectivity index (χ1) is 11.3. The second-order valence-corrected chi connectivity index (χ2v) is 5.54. The first-order valence-corrected chi connectivity index (χ1v) is 7.55. The summed E-state index contributed by atoms with van der Waals surface area (Å²) in [5, 5.41) is -0.0275. The number of nitrogens with two attached hydrogens (primary N) is 1. The summed E-state index contributed by atoms with van der Waals surface area (Å²) in [6.07, 6.45) is -4.74. The minimum atomic E-state index is -4.74. The quantitative estimate of drug-likeness (QED) is 0.647. The fourth-order valence-corrected chi connectivity index (χ4v) is 2.34. The van der Waals surface area contributed by atoms with Crippen LogP contribution in [0.25, 0.3) is 0 Å². The highest BCUT2D eigenvalue weighted by molar-refractivity contribution is 8.13. The average Bonchev–Trinajstić information content (AvgIpc) is 2.52. The fraction of sp³-hybridized carbons (Fsp3) is 0.214. The summed E-state index contributed by atoms with van der Waals surface area (Å²) >= 11 is 1.09. The van der Waals surface area contributed by atoms with Gasteiger partial charge in [-0.05, 0) is 17.7 Å². The third-order valence-electron chi connectivity index (χ3n) is 2.76. The Morgan fingerprint density at radius 2 is 2.17 bits per heavy atom. The number of nitrogens with zero attached hydrogens (tertiary/aromatic N) is 2. The largest absolute Gasteiger partial charge is 0.497 e. The second kappa shape index (κ2) is 7.39. The highest BCUT2D eigenvalue weighted by atomic mass is 32.2. The van der Waals surface area contributed by atoms with E-state index < -0.39 is 23.4 Å². The lowest BCUT2D eigenvalue weighted by atomic mass is 10.2. The SMILES string of the molecule is COc1cccc(CSC(N)=Nc2nc(C(F)(F)F)cc(=O)[nH]2)c1. The van der Waals surface area contributed by atoms with Gasteiger partial charge in [-0.2, -0.15) is 18.2 Å². The Kier molecular flexibility index (Phi) is 5.50. The Hall–Kier alpha value is -2.49. The zero-order chi connectivity index (χ0) is 17.7. The maximum absolute atomic E-state index is 12.6. The standard InChI is InChI=1S/C14H13F3N4O2S/c1-23-9-4-2-3-8(5-9)7-24-12(18)21-13-19-10(14(15,16)17)6-11(22)20-13/h2-6H,7H2,1H3,(H3,18,19,20,21,22). The summed E-state index contributed by atoms with van der Waals surface area (Å²) < 4.78 is 42.9. The maximum Gasteiger partial charge on any atom is 0.433 e. The van der Waals surface area contributed by atoms with Gasteiger partial charge in [0.15, 0.2) is 10.9 Å². The van der Waals surface area contributed by atoms with Crippen LogP contribution >= 0.6 is 11.8 Å². The van der Waals surface area contributed by atoms with E-state index in [4.69, 9.17) is 10.5 Å². The van der Waals surface area contributed by atoms with Crippen LogP contribution in [0.5, 0.6) is 5.75 Å². The van der Waals surface area contributed by atoms with E-state index in [1.807, 2.05) is 6.07 Å². The molecule has 0 unspecified atom stereocenters. The van der Waals surface area contributed by atoms with Crippen LogP contribution in [0.15, 0.2) is 40.1 Å². The molecule has 0 saturated heterocycles. The van der Waals surface area contributed by atoms with Crippen molar-refractivity contribution in [2.75, 3.05) is 7.11 Å². The van der Waals surface area contributed by atoms with Crippen LogP contribution in [0.1, 0.15) is 11.3 Å². The van der Waals surface area contributed by atoms with Crippen LogP contribution in [-0.2, 0) is 11.9 Å². The van der Waals surface area contributed by atoms with Crippen molar-refractivity contribution < 1.29 is 17.9 Å². The Labute approximate surface area is 139 Å². The number of aromatic nitrogens is 2. The zero-order valence-corrected chi connectivity index (χ0v) is 13.2. The van der Waals surface area contributed by atoms with Crippen molar-refractivity contribution in [3.63, 3.8) is 0 Å². The number of benzene rings is 1. The molecule has 0 aliphatic heterocycles. The molecule has 1 aromatic heterocycles. The minimum absolute atomic E-state index is 0.0275. The molecule has 3 N–H and O–H groups in total. The maximum atomic E-state index is 12.6. The molecule has 0 bridgehead atoms. The van der Waals surface area contributed by atoms with E-state index in [9.17, 15) is 18.0 Å². The summed E-state index contributed by atoms with van der Waals surface area (Å²) in [6.45, 7) is 0. The smallest absolute Gasteiger partial charge is 0.433 e. The van der Waals surface area contributed by atoms with Gasteiger partial charge in [0, 0.05) is 11.8 Å². The van der Waals surface area contributed by atoms with Crippen molar-refractivity contribution in [2.45, 2.75) is 11.9 Å². The predicted octanol–water partition coefficient (Wildman–Crippen LogP) is 2.68. The molecule has 24 heavy (non-hydrogen) atoms. The van der Waals surface area contributed by atoms with E-state index in [1.165, 1.54) is 7.11 Å². The van der Waals surface area contributed by atoms with Gasteiger partial charge in [-0.25, -0.2) is 4.98 Å². The molecule has 0 saturated carbocycles. The van der Waals surface area contributed by atoms with Crippen molar-refractivity contribution in [3.05, 3.63) is 51.9 Å². The van der Waals surface area contributed by atoms with Crippen LogP contribution in [0.4, 0.5) is 19.1 Å². The molecule has 2 aromatic rings. The second-order valence-electron chi connectivity index (χ2n) is 4.54. The van der Waals surface area contributed by atoms with Gasteiger partial charge in [0.25, 0.3) is 5.56 Å². The van der Waals surface area contributed by atoms with Crippen molar-refractivity contribution in [3.8, 4) is 5.75 Å². The molecule has 1 heterocycles. The number of rotatable bonds is 4. The van der Waals surface area contributed by atoms with Crippen molar-refractivity contribution in [1.82, 2.24) is 9.97 Å². The molecule has 0 amide bonds. The molecule has 2 rings (SSSR count). The van der Waals surface area contributed by atoms with E-state index >= 15 is 0 Å². The van der Waals surface area contributed by atoms with Gasteiger partial charge in [-0.1, -0.05) is 23.9 Å². The number of nitrogens with one attached hydrogen (secondary N) is 1. The number of halogens is 3. The van der Waals surface area contributed by atoms with Crippen molar-refractivity contribution in [2.24, 2.45) is 10.7 Å². The number of methoxy groups -OCH3 is 1. The third-order valence-corrected chi connectivity index (χ3v) is 3.62. The Bertz CT molecular complexity index is 805. The molecular weight excluding hydrogens is 345 g/mol. The first kappa shape index (κ1) is 17.9. The molecule has 6 nitrogen and oxygen atoms in total. The minimum Gasteiger partial charge on any atom is -0.497 e. The number of H-pyrrole nitrogens is 1. The van der Waals surface area contributed by atoms with Crippen LogP contribution in [-0.4, -0.2) is 22.2 Å². The normalized spacial score (nSPS) is 12.2. The Morgan fingerprint density at radius 3 is 2.83 bits per heavy atom. The lowest BCUT2D eigenvalue weighted by molar-refractivity contribution is -0.141. The van der Waals surface area contributed by atoms with E-state index in [2.05, 4.69) is 15.0 Å². The number of ether oxygens (including phenoxy) is 1. The molecule has 10 heteroatoms. The average molecular weight is 358 g/mol. The molecule has 0 aliphatic rings. The van der Waals surface area contributed by atoms with Crippen LogP contribution < -0.4 is 16.0 Å². The third kappa shape index (κ3) is 5.01. The van der Waals surface area contributed by atoms with E-state index in [0.29, 0.717) is 17.6 Å². The summed E-state index contributed by atoms with van der Waals surface area (Å²) in [4.78, 5) is 20.3. The van der Waals surface area contributed by atoms with Gasteiger partial charge in [-0.15, -0.1) is 0 Å². The highest BCUT2D eigenvalue weighted by Gasteiger charge is 2.33. The van der Waals surface area contributed by atoms with Gasteiger partial charge in [0.2, 0.25) is 5.95 Å². The van der Waals surface area contributed by atoms with Gasteiger partial charge < -0.3 is 10.5 Å². The first-order valence-electron chi connectivity index (χ1n) is 6.56. The van der Waals surface area contributed by atoms with Crippen LogP contribution in [0.2, 0.25) is 0 Å². The summed E-state index contributed by atoms with van der Waals surface area (Å²) in [5.74, 6) is 0.605. The molecular formula is C14H13F3N4O2S. The van der Waals surface area contributed by atoms with Crippen LogP contribution in [0, 0.1) is 0 Å². The number of thioether (sulfide) groups is 1. The lowest BCUT2D eigenvalue weighted by Crippen LogP contribution is -2.16.